The zero-order valence-corrected chi connectivity index (χ0v) is 7.23. The van der Waals surface area contributed by atoms with Crippen LogP contribution < -0.4 is 0 Å². The smallest absolute Gasteiger partial charge is 0.109 e. The molecule has 1 heterocycles. The molecule has 0 aromatic carbocycles. The maximum absolute atomic E-state index is 7.22. The second kappa shape index (κ2) is 3.18. The maximum Gasteiger partial charge on any atom is 0.109 e. The second-order valence-electron chi connectivity index (χ2n) is 2.70. The van der Waals surface area contributed by atoms with Gasteiger partial charge in [0.05, 0.1) is 6.10 Å². The van der Waals surface area contributed by atoms with Crippen molar-refractivity contribution in [3.63, 3.8) is 0 Å². The lowest BCUT2D eigenvalue weighted by molar-refractivity contribution is 0.0958. The van der Waals surface area contributed by atoms with Gasteiger partial charge in [0.25, 0.3) is 0 Å². The van der Waals surface area contributed by atoms with Crippen molar-refractivity contribution in [2.75, 3.05) is 6.26 Å². The Bertz CT molecular complexity index is 136. The van der Waals surface area contributed by atoms with Crippen molar-refractivity contribution in [2.45, 2.75) is 31.2 Å². The molecule has 56 valence electrons. The molecule has 1 aliphatic rings. The van der Waals surface area contributed by atoms with E-state index in [9.17, 15) is 0 Å². The summed E-state index contributed by atoms with van der Waals surface area (Å²) in [7, 11) is 5.69. The van der Waals surface area contributed by atoms with E-state index in [1.807, 2.05) is 6.26 Å². The van der Waals surface area contributed by atoms with Gasteiger partial charge >= 0.3 is 0 Å². The monoisotopic (exact) mass is 157 g/mol. The Balaban J connectivity index is 2.57. The minimum Gasteiger partial charge on any atom is -0.384 e. The van der Waals surface area contributed by atoms with Gasteiger partial charge < -0.3 is 4.74 Å². The second-order valence-corrected chi connectivity index (χ2v) is 3.71. The van der Waals surface area contributed by atoms with Gasteiger partial charge in [-0.15, -0.1) is 0 Å². The van der Waals surface area contributed by atoms with E-state index in [0.29, 0.717) is 18.1 Å². The summed E-state index contributed by atoms with van der Waals surface area (Å²) in [6.45, 7) is 2.41. The first-order valence-corrected chi connectivity index (χ1v) is 4.72. The van der Waals surface area contributed by atoms with Crippen molar-refractivity contribution in [1.82, 2.24) is 0 Å². The molecule has 0 aliphatic carbocycles. The van der Waals surface area contributed by atoms with Gasteiger partial charge in [0.2, 0.25) is 0 Å². The van der Waals surface area contributed by atoms with Crippen molar-refractivity contribution >= 4 is 19.6 Å². The van der Waals surface area contributed by atoms with E-state index >= 15 is 0 Å². The van der Waals surface area contributed by atoms with Crippen LogP contribution in [-0.2, 0) is 4.74 Å². The number of rotatable bonds is 1. The molecule has 0 N–H and O–H groups in total. The Kier molecular flexibility index (Phi) is 2.24. The molecule has 3 heteroatoms. The molecule has 1 rings (SSSR count). The summed E-state index contributed by atoms with van der Waals surface area (Å²) >= 11 is 1.75. The summed E-state index contributed by atoms with van der Waals surface area (Å²) in [4.78, 5) is 0. The minimum absolute atomic E-state index is 0.0370. The summed E-state index contributed by atoms with van der Waals surface area (Å²) in [5.41, 5.74) is 0. The fourth-order valence-corrected chi connectivity index (χ4v) is 2.25. The molecule has 2 radical (unpaired) electrons. The molecular weight excluding hydrogens is 143 g/mol. The van der Waals surface area contributed by atoms with Gasteiger partial charge in [-0.1, -0.05) is 6.92 Å². The number of hydrogen-bond donors (Lipinski definition) is 0. The molecule has 1 fully saturated rings. The maximum atomic E-state index is 7.22. The zero-order chi connectivity index (χ0) is 8.43. The first-order valence-electron chi connectivity index (χ1n) is 4.14. The zero-order valence-electron chi connectivity index (χ0n) is 7.41. The van der Waals surface area contributed by atoms with Crippen molar-refractivity contribution in [3.8, 4) is 0 Å². The Morgan fingerprint density at radius 1 is 1.70 bits per heavy atom. The van der Waals surface area contributed by atoms with Crippen LogP contribution in [0, 0.1) is 5.92 Å². The van der Waals surface area contributed by atoms with Crippen LogP contribution in [0.2, 0.25) is 0 Å². The standard InChI is InChI=1S/C7H13BOS/c1-4-6(10-3)5(2)9-7(4)8/h4-7H,1-3H3/t4?,5-,6-,7-/m1/s1/i2D. The van der Waals surface area contributed by atoms with Crippen molar-refractivity contribution in [2.24, 2.45) is 5.92 Å². The van der Waals surface area contributed by atoms with Crippen molar-refractivity contribution in [3.05, 3.63) is 0 Å². The lowest BCUT2D eigenvalue weighted by Gasteiger charge is -2.14. The molecule has 4 atom stereocenters. The summed E-state index contributed by atoms with van der Waals surface area (Å²) < 4.78 is 12.6. The van der Waals surface area contributed by atoms with Gasteiger partial charge in [0.15, 0.2) is 0 Å². The highest BCUT2D eigenvalue weighted by Gasteiger charge is 2.35. The normalized spacial score (nSPS) is 49.2. The Hall–Kier alpha value is 0.375. The lowest BCUT2D eigenvalue weighted by Crippen LogP contribution is -2.20. The van der Waals surface area contributed by atoms with Gasteiger partial charge in [-0.25, -0.2) is 0 Å². The molecule has 1 unspecified atom stereocenters. The first kappa shape index (κ1) is 7.05. The van der Waals surface area contributed by atoms with Gasteiger partial charge in [-0.2, -0.15) is 11.8 Å². The predicted octanol–water partition coefficient (Wildman–Crippen LogP) is 1.27. The van der Waals surface area contributed by atoms with E-state index in [2.05, 4.69) is 6.92 Å². The third-order valence-electron chi connectivity index (χ3n) is 2.01. The van der Waals surface area contributed by atoms with Crippen LogP contribution in [0.15, 0.2) is 0 Å². The highest BCUT2D eigenvalue weighted by Crippen LogP contribution is 2.32. The number of thioether (sulfide) groups is 1. The average Bonchev–Trinajstić information content (AvgIpc) is 2.28. The molecular formula is C7H13BOS. The summed E-state index contributed by atoms with van der Waals surface area (Å²) in [5.74, 6) is 0.375. The van der Waals surface area contributed by atoms with E-state index in [1.165, 1.54) is 0 Å². The molecule has 0 aromatic heterocycles. The molecule has 0 aromatic rings. The fraction of sp³-hybridized carbons (Fsp3) is 1.00. The quantitative estimate of drug-likeness (QED) is 0.530. The summed E-state index contributed by atoms with van der Waals surface area (Å²) in [5, 5.41) is 0.405. The minimum atomic E-state index is -0.164. The Morgan fingerprint density at radius 2 is 2.40 bits per heavy atom. The van der Waals surface area contributed by atoms with Crippen LogP contribution in [0.4, 0.5) is 0 Å². The molecule has 0 spiro atoms. The first-order chi connectivity index (χ1) is 5.20. The van der Waals surface area contributed by atoms with Crippen LogP contribution in [0.25, 0.3) is 0 Å². The van der Waals surface area contributed by atoms with E-state index in [0.717, 1.165) is 0 Å². The fourth-order valence-electron chi connectivity index (χ4n) is 1.30. The van der Waals surface area contributed by atoms with Crippen LogP contribution in [0.3, 0.4) is 0 Å². The van der Waals surface area contributed by atoms with Crippen LogP contribution in [0.5, 0.6) is 0 Å². The average molecular weight is 157 g/mol. The van der Waals surface area contributed by atoms with E-state index in [1.54, 1.807) is 11.8 Å². The Morgan fingerprint density at radius 3 is 2.80 bits per heavy atom. The van der Waals surface area contributed by atoms with E-state index in [4.69, 9.17) is 14.0 Å². The van der Waals surface area contributed by atoms with Crippen molar-refractivity contribution in [1.29, 1.82) is 0 Å². The molecule has 10 heavy (non-hydrogen) atoms. The number of hydrogen-bond acceptors (Lipinski definition) is 2. The van der Waals surface area contributed by atoms with Gasteiger partial charge in [-0.05, 0) is 19.1 Å². The lowest BCUT2D eigenvalue weighted by atomic mass is 9.87. The van der Waals surface area contributed by atoms with Crippen molar-refractivity contribution < 1.29 is 6.11 Å². The molecule has 0 amide bonds. The van der Waals surface area contributed by atoms with Crippen LogP contribution in [-0.4, -0.2) is 31.5 Å². The molecule has 0 bridgehead atoms. The molecule has 1 nitrogen and oxygen atoms in total. The molecule has 1 aliphatic heterocycles. The third-order valence-corrected chi connectivity index (χ3v) is 3.28. The molecule has 1 saturated heterocycles. The summed E-state index contributed by atoms with van der Waals surface area (Å²) in [6.07, 6.45) is 2.08. The largest absolute Gasteiger partial charge is 0.384 e. The topological polar surface area (TPSA) is 9.23 Å². The van der Waals surface area contributed by atoms with Crippen LogP contribution >= 0.6 is 11.8 Å². The SMILES string of the molecule is [2H]C[C@H]1O[C@@H]([B])C(C)[C@H]1SC. The van der Waals surface area contributed by atoms with Gasteiger partial charge in [-0.3, -0.25) is 0 Å². The van der Waals surface area contributed by atoms with E-state index in [-0.39, 0.29) is 12.1 Å². The van der Waals surface area contributed by atoms with Gasteiger partial charge in [0.1, 0.15) is 7.85 Å². The highest BCUT2D eigenvalue weighted by atomic mass is 32.2. The third kappa shape index (κ3) is 1.35. The molecule has 0 saturated carbocycles. The van der Waals surface area contributed by atoms with Gasteiger partial charge in [0, 0.05) is 12.6 Å². The predicted molar refractivity (Wildman–Crippen MR) is 46.6 cm³/mol. The number of ether oxygens (including phenoxy) is 1. The Labute approximate surface area is 69.7 Å². The highest BCUT2D eigenvalue weighted by molar-refractivity contribution is 7.99. The van der Waals surface area contributed by atoms with E-state index < -0.39 is 0 Å². The van der Waals surface area contributed by atoms with Crippen LogP contribution in [0.1, 0.15) is 15.2 Å². The summed E-state index contributed by atoms with van der Waals surface area (Å²) in [6, 6.07) is -0.164.